The van der Waals surface area contributed by atoms with Gasteiger partial charge in [0, 0.05) is 6.20 Å². The van der Waals surface area contributed by atoms with Gasteiger partial charge >= 0.3 is 0 Å². The number of aromatic nitrogens is 2. The van der Waals surface area contributed by atoms with Crippen LogP contribution in [0.4, 0.5) is 0 Å². The van der Waals surface area contributed by atoms with Gasteiger partial charge in [0.2, 0.25) is 0 Å². The van der Waals surface area contributed by atoms with Crippen molar-refractivity contribution in [2.45, 2.75) is 25.9 Å². The van der Waals surface area contributed by atoms with Crippen molar-refractivity contribution in [2.75, 3.05) is 0 Å². The Hall–Kier alpha value is -1.05. The molecule has 0 aromatic carbocycles. The lowest BCUT2D eigenvalue weighted by Gasteiger charge is -2.14. The molecular formula is C8H11ClN4. The van der Waals surface area contributed by atoms with E-state index in [9.17, 15) is 0 Å². The Labute approximate surface area is 81.9 Å². The first-order valence-electron chi connectivity index (χ1n) is 3.84. The molecular weight excluding hydrogens is 188 g/mol. The van der Waals surface area contributed by atoms with Crippen molar-refractivity contribution in [1.82, 2.24) is 9.78 Å². The van der Waals surface area contributed by atoms with Gasteiger partial charge in [0.05, 0.1) is 23.3 Å². The van der Waals surface area contributed by atoms with Crippen LogP contribution in [-0.4, -0.2) is 15.3 Å². The lowest BCUT2D eigenvalue weighted by molar-refractivity contribution is 0.458. The molecule has 0 aliphatic heterocycles. The van der Waals surface area contributed by atoms with Crippen molar-refractivity contribution in [3.05, 3.63) is 16.9 Å². The van der Waals surface area contributed by atoms with E-state index in [4.69, 9.17) is 22.6 Å². The molecule has 2 N–H and O–H groups in total. The largest absolute Gasteiger partial charge is 0.312 e. The maximum absolute atomic E-state index is 8.68. The number of halogens is 1. The number of aryl methyl sites for hydroxylation is 1. The molecule has 70 valence electrons. The first kappa shape index (κ1) is 10.0. The summed E-state index contributed by atoms with van der Waals surface area (Å²) < 4.78 is 1.58. The topological polar surface area (TPSA) is 67.6 Å². The zero-order chi connectivity index (χ0) is 10.1. The maximum Gasteiger partial charge on any atom is 0.121 e. The SMILES string of the molecule is Cc1nn(CC(C)(N)C#N)cc1Cl. The van der Waals surface area contributed by atoms with Crippen LogP contribution >= 0.6 is 11.6 Å². The van der Waals surface area contributed by atoms with E-state index in [0.717, 1.165) is 5.69 Å². The van der Waals surface area contributed by atoms with Gasteiger partial charge in [0.1, 0.15) is 5.54 Å². The van der Waals surface area contributed by atoms with Gasteiger partial charge in [-0.15, -0.1) is 0 Å². The minimum atomic E-state index is -0.901. The number of nitriles is 1. The van der Waals surface area contributed by atoms with E-state index in [1.807, 2.05) is 6.07 Å². The molecule has 4 nitrogen and oxygen atoms in total. The van der Waals surface area contributed by atoms with Crippen LogP contribution in [0.15, 0.2) is 6.20 Å². The van der Waals surface area contributed by atoms with Crippen LogP contribution in [0.5, 0.6) is 0 Å². The standard InChI is InChI=1S/C8H11ClN4/c1-6-7(9)3-13(12-6)5-8(2,11)4-10/h3H,5,11H2,1-2H3. The van der Waals surface area contributed by atoms with Crippen molar-refractivity contribution in [3.63, 3.8) is 0 Å². The first-order valence-corrected chi connectivity index (χ1v) is 4.22. The summed E-state index contributed by atoms with van der Waals surface area (Å²) >= 11 is 5.79. The molecule has 0 radical (unpaired) electrons. The highest BCUT2D eigenvalue weighted by molar-refractivity contribution is 6.31. The number of nitrogens with two attached hydrogens (primary N) is 1. The Balaban J connectivity index is 2.82. The third-order valence-corrected chi connectivity index (χ3v) is 2.00. The summed E-state index contributed by atoms with van der Waals surface area (Å²) in [7, 11) is 0. The molecule has 1 atom stereocenters. The zero-order valence-corrected chi connectivity index (χ0v) is 8.34. The molecule has 0 fully saturated rings. The molecule has 0 spiro atoms. The van der Waals surface area contributed by atoms with Crippen molar-refractivity contribution >= 4 is 11.6 Å². The van der Waals surface area contributed by atoms with Crippen molar-refractivity contribution < 1.29 is 0 Å². The molecule has 0 aliphatic carbocycles. The van der Waals surface area contributed by atoms with Gasteiger partial charge in [-0.1, -0.05) is 11.6 Å². The summed E-state index contributed by atoms with van der Waals surface area (Å²) in [6.07, 6.45) is 1.67. The number of rotatable bonds is 2. The van der Waals surface area contributed by atoms with Crippen LogP contribution in [0.3, 0.4) is 0 Å². The first-order chi connectivity index (χ1) is 5.94. The van der Waals surface area contributed by atoms with E-state index in [1.54, 1.807) is 24.7 Å². The summed E-state index contributed by atoms with van der Waals surface area (Å²) in [4.78, 5) is 0. The van der Waals surface area contributed by atoms with E-state index in [0.29, 0.717) is 11.6 Å². The summed E-state index contributed by atoms with van der Waals surface area (Å²) in [5.41, 5.74) is 5.49. The fourth-order valence-corrected chi connectivity index (χ4v) is 1.10. The predicted octanol–water partition coefficient (Wildman–Crippen LogP) is 1.09. The average molecular weight is 199 g/mol. The van der Waals surface area contributed by atoms with Crippen LogP contribution in [-0.2, 0) is 6.54 Å². The van der Waals surface area contributed by atoms with E-state index in [-0.39, 0.29) is 0 Å². The van der Waals surface area contributed by atoms with Gasteiger partial charge in [0.15, 0.2) is 0 Å². The van der Waals surface area contributed by atoms with E-state index >= 15 is 0 Å². The Bertz CT molecular complexity index is 328. The fraction of sp³-hybridized carbons (Fsp3) is 0.500. The van der Waals surface area contributed by atoms with Gasteiger partial charge in [-0.25, -0.2) is 0 Å². The highest BCUT2D eigenvalue weighted by Crippen LogP contribution is 2.13. The second-order valence-corrected chi connectivity index (χ2v) is 3.70. The van der Waals surface area contributed by atoms with Gasteiger partial charge in [-0.3, -0.25) is 4.68 Å². The third-order valence-electron chi connectivity index (χ3n) is 1.63. The lowest BCUT2D eigenvalue weighted by atomic mass is 10.1. The summed E-state index contributed by atoms with van der Waals surface area (Å²) in [6, 6.07) is 1.99. The quantitative estimate of drug-likeness (QED) is 0.774. The van der Waals surface area contributed by atoms with Gasteiger partial charge < -0.3 is 5.73 Å². The Morgan fingerprint density at radius 2 is 2.46 bits per heavy atom. The summed E-state index contributed by atoms with van der Waals surface area (Å²) in [5, 5.41) is 13.4. The van der Waals surface area contributed by atoms with Crippen LogP contribution in [0, 0.1) is 18.3 Å². The van der Waals surface area contributed by atoms with E-state index in [1.165, 1.54) is 0 Å². The van der Waals surface area contributed by atoms with E-state index < -0.39 is 5.54 Å². The lowest BCUT2D eigenvalue weighted by Crippen LogP contribution is -2.39. The molecule has 1 heterocycles. The van der Waals surface area contributed by atoms with Crippen LogP contribution < -0.4 is 5.73 Å². The number of hydrogen-bond acceptors (Lipinski definition) is 3. The Morgan fingerprint density at radius 3 is 2.85 bits per heavy atom. The highest BCUT2D eigenvalue weighted by Gasteiger charge is 2.18. The monoisotopic (exact) mass is 198 g/mol. The average Bonchev–Trinajstić information content (AvgIpc) is 2.30. The molecule has 1 rings (SSSR count). The minimum Gasteiger partial charge on any atom is -0.312 e. The highest BCUT2D eigenvalue weighted by atomic mass is 35.5. The van der Waals surface area contributed by atoms with Crippen molar-refractivity contribution in [2.24, 2.45) is 5.73 Å². The fourth-order valence-electron chi connectivity index (χ4n) is 0.946. The number of nitrogens with zero attached hydrogens (tertiary/aromatic N) is 3. The molecule has 0 saturated heterocycles. The third kappa shape index (κ3) is 2.44. The molecule has 1 aromatic heterocycles. The predicted molar refractivity (Wildman–Crippen MR) is 50.2 cm³/mol. The Kier molecular flexibility index (Phi) is 2.60. The van der Waals surface area contributed by atoms with E-state index in [2.05, 4.69) is 5.10 Å². The van der Waals surface area contributed by atoms with Gasteiger partial charge in [-0.05, 0) is 13.8 Å². The summed E-state index contributed by atoms with van der Waals surface area (Å²) in [6.45, 7) is 3.80. The molecule has 13 heavy (non-hydrogen) atoms. The summed E-state index contributed by atoms with van der Waals surface area (Å²) in [5.74, 6) is 0. The second kappa shape index (κ2) is 3.36. The molecule has 0 aliphatic rings. The molecule has 1 unspecified atom stereocenters. The molecule has 0 saturated carbocycles. The smallest absolute Gasteiger partial charge is 0.121 e. The molecule has 1 aromatic rings. The van der Waals surface area contributed by atoms with Crippen molar-refractivity contribution in [1.29, 1.82) is 5.26 Å². The van der Waals surface area contributed by atoms with Gasteiger partial charge in [0.25, 0.3) is 0 Å². The van der Waals surface area contributed by atoms with Crippen LogP contribution in [0.1, 0.15) is 12.6 Å². The zero-order valence-electron chi connectivity index (χ0n) is 7.58. The molecule has 0 bridgehead atoms. The molecule has 5 heteroatoms. The Morgan fingerprint density at radius 1 is 1.85 bits per heavy atom. The maximum atomic E-state index is 8.68. The normalized spacial score (nSPS) is 15.0. The van der Waals surface area contributed by atoms with Crippen LogP contribution in [0.2, 0.25) is 5.02 Å². The number of hydrogen-bond donors (Lipinski definition) is 1. The molecule has 0 amide bonds. The minimum absolute atomic E-state index is 0.344. The van der Waals surface area contributed by atoms with Crippen molar-refractivity contribution in [3.8, 4) is 6.07 Å². The van der Waals surface area contributed by atoms with Crippen LogP contribution in [0.25, 0.3) is 0 Å². The second-order valence-electron chi connectivity index (χ2n) is 3.29. The van der Waals surface area contributed by atoms with Gasteiger partial charge in [-0.2, -0.15) is 10.4 Å².